The Balaban J connectivity index is 1.98. The third-order valence-electron chi connectivity index (χ3n) is 3.57. The molecule has 1 aromatic carbocycles. The Morgan fingerprint density at radius 2 is 2.16 bits per heavy atom. The van der Waals surface area contributed by atoms with E-state index in [2.05, 4.69) is 9.88 Å². The van der Waals surface area contributed by atoms with Crippen LogP contribution in [0.3, 0.4) is 0 Å². The number of aromatic carboxylic acids is 1. The number of carboxylic acid groups (broad SMARTS) is 1. The van der Waals surface area contributed by atoms with Crippen molar-refractivity contribution >= 4 is 22.7 Å². The van der Waals surface area contributed by atoms with Gasteiger partial charge in [-0.2, -0.15) is 0 Å². The van der Waals surface area contributed by atoms with Gasteiger partial charge in [-0.25, -0.2) is 9.78 Å². The average Bonchev–Trinajstić information content (AvgIpc) is 3.21. The monoisotopic (exact) mass is 256 g/mol. The van der Waals surface area contributed by atoms with Gasteiger partial charge < -0.3 is 10.0 Å². The van der Waals surface area contributed by atoms with Crippen LogP contribution in [0.15, 0.2) is 30.3 Å². The highest BCUT2D eigenvalue weighted by Gasteiger charge is 2.23. The van der Waals surface area contributed by atoms with E-state index < -0.39 is 5.97 Å². The summed E-state index contributed by atoms with van der Waals surface area (Å²) < 4.78 is 0. The number of pyridine rings is 1. The fourth-order valence-electron chi connectivity index (χ4n) is 2.32. The summed E-state index contributed by atoms with van der Waals surface area (Å²) in [5.74, 6) is 0.793. The molecule has 1 heterocycles. The second-order valence-electron chi connectivity index (χ2n) is 5.17. The minimum Gasteiger partial charge on any atom is -0.478 e. The zero-order valence-electron chi connectivity index (χ0n) is 10.8. The molecule has 1 N–H and O–H groups in total. The summed E-state index contributed by atoms with van der Waals surface area (Å²) in [7, 11) is 2.04. The number of rotatable bonds is 4. The fraction of sp³-hybridized carbons (Fsp3) is 0.333. The first-order valence-electron chi connectivity index (χ1n) is 6.49. The maximum absolute atomic E-state index is 11.1. The molecule has 19 heavy (non-hydrogen) atoms. The van der Waals surface area contributed by atoms with Crippen LogP contribution in [0.5, 0.6) is 0 Å². The Morgan fingerprint density at radius 1 is 1.37 bits per heavy atom. The molecule has 2 aromatic rings. The van der Waals surface area contributed by atoms with Gasteiger partial charge in [-0.15, -0.1) is 0 Å². The maximum atomic E-state index is 11.1. The zero-order valence-corrected chi connectivity index (χ0v) is 10.8. The molecule has 3 rings (SSSR count). The van der Waals surface area contributed by atoms with Gasteiger partial charge in [0.25, 0.3) is 0 Å². The Morgan fingerprint density at radius 3 is 2.84 bits per heavy atom. The Bertz CT molecular complexity index is 635. The van der Waals surface area contributed by atoms with Gasteiger partial charge in [-0.3, -0.25) is 0 Å². The molecule has 1 fully saturated rings. The minimum absolute atomic E-state index is 0.307. The SMILES string of the molecule is CN(CC1CC1)c1ccc2c(C(=O)O)cccc2n1. The van der Waals surface area contributed by atoms with Crippen molar-refractivity contribution < 1.29 is 9.90 Å². The Labute approximate surface area is 111 Å². The van der Waals surface area contributed by atoms with Crippen molar-refractivity contribution in [3.63, 3.8) is 0 Å². The second kappa shape index (κ2) is 4.53. The third-order valence-corrected chi connectivity index (χ3v) is 3.57. The quantitative estimate of drug-likeness (QED) is 0.914. The molecule has 0 radical (unpaired) electrons. The van der Waals surface area contributed by atoms with Crippen LogP contribution < -0.4 is 4.90 Å². The molecule has 1 aliphatic rings. The maximum Gasteiger partial charge on any atom is 0.336 e. The number of hydrogen-bond acceptors (Lipinski definition) is 3. The van der Waals surface area contributed by atoms with Gasteiger partial charge in [0, 0.05) is 19.0 Å². The summed E-state index contributed by atoms with van der Waals surface area (Å²) in [6.45, 7) is 1.02. The lowest BCUT2D eigenvalue weighted by Gasteiger charge is -2.18. The molecule has 4 heteroatoms. The van der Waals surface area contributed by atoms with E-state index in [9.17, 15) is 4.79 Å². The predicted molar refractivity (Wildman–Crippen MR) is 74.7 cm³/mol. The van der Waals surface area contributed by atoms with Gasteiger partial charge in [0.1, 0.15) is 5.82 Å². The zero-order chi connectivity index (χ0) is 13.4. The van der Waals surface area contributed by atoms with Crippen LogP contribution in [0.25, 0.3) is 10.9 Å². The van der Waals surface area contributed by atoms with Gasteiger partial charge in [-0.1, -0.05) is 6.07 Å². The minimum atomic E-state index is -0.911. The molecule has 0 unspecified atom stereocenters. The lowest BCUT2D eigenvalue weighted by atomic mass is 10.1. The molecule has 98 valence electrons. The van der Waals surface area contributed by atoms with Gasteiger partial charge >= 0.3 is 5.97 Å². The van der Waals surface area contributed by atoms with Crippen LogP contribution in [0.1, 0.15) is 23.2 Å². The van der Waals surface area contributed by atoms with E-state index in [1.807, 2.05) is 25.2 Å². The van der Waals surface area contributed by atoms with Gasteiger partial charge in [0.15, 0.2) is 0 Å². The molecule has 1 saturated carbocycles. The first-order valence-corrected chi connectivity index (χ1v) is 6.49. The molecular weight excluding hydrogens is 240 g/mol. The molecule has 0 atom stereocenters. The molecule has 0 spiro atoms. The van der Waals surface area contributed by atoms with E-state index in [1.54, 1.807) is 12.1 Å². The largest absolute Gasteiger partial charge is 0.478 e. The highest BCUT2D eigenvalue weighted by molar-refractivity contribution is 6.02. The standard InChI is InChI=1S/C15H16N2O2/c1-17(9-10-5-6-10)14-8-7-11-12(15(18)19)3-2-4-13(11)16-14/h2-4,7-8,10H,5-6,9H2,1H3,(H,18,19). The van der Waals surface area contributed by atoms with E-state index >= 15 is 0 Å². The molecule has 0 saturated heterocycles. The topological polar surface area (TPSA) is 53.4 Å². The number of carboxylic acids is 1. The molecule has 0 amide bonds. The summed E-state index contributed by atoms with van der Waals surface area (Å²) in [6.07, 6.45) is 2.61. The first-order chi connectivity index (χ1) is 9.15. The van der Waals surface area contributed by atoms with Crippen molar-refractivity contribution in [3.05, 3.63) is 35.9 Å². The molecule has 0 aliphatic heterocycles. The number of carbonyl (C=O) groups is 1. The number of benzene rings is 1. The first kappa shape index (κ1) is 12.0. The van der Waals surface area contributed by atoms with Crippen molar-refractivity contribution in [2.45, 2.75) is 12.8 Å². The van der Waals surface area contributed by atoms with Gasteiger partial charge in [-0.05, 0) is 43.0 Å². The van der Waals surface area contributed by atoms with E-state index in [0.29, 0.717) is 10.9 Å². The van der Waals surface area contributed by atoms with Crippen molar-refractivity contribution in [2.24, 2.45) is 5.92 Å². The Kier molecular flexibility index (Phi) is 2.85. The Hall–Kier alpha value is -2.10. The van der Waals surface area contributed by atoms with Gasteiger partial charge in [0.2, 0.25) is 0 Å². The molecular formula is C15H16N2O2. The predicted octanol–water partition coefficient (Wildman–Crippen LogP) is 2.78. The number of nitrogens with zero attached hydrogens (tertiary/aromatic N) is 2. The third kappa shape index (κ3) is 2.38. The fourth-order valence-corrected chi connectivity index (χ4v) is 2.32. The van der Waals surface area contributed by atoms with Gasteiger partial charge in [0.05, 0.1) is 11.1 Å². The summed E-state index contributed by atoms with van der Waals surface area (Å²) in [4.78, 5) is 17.9. The second-order valence-corrected chi connectivity index (χ2v) is 5.17. The number of hydrogen-bond donors (Lipinski definition) is 1. The number of fused-ring (bicyclic) bond motifs is 1. The average molecular weight is 256 g/mol. The van der Waals surface area contributed by atoms with Crippen LogP contribution in [0.4, 0.5) is 5.82 Å². The molecule has 4 nitrogen and oxygen atoms in total. The lowest BCUT2D eigenvalue weighted by molar-refractivity contribution is 0.0699. The molecule has 1 aromatic heterocycles. The van der Waals surface area contributed by atoms with E-state index in [1.165, 1.54) is 12.8 Å². The summed E-state index contributed by atoms with van der Waals surface area (Å²) in [6, 6.07) is 8.96. The van der Waals surface area contributed by atoms with E-state index in [-0.39, 0.29) is 0 Å². The summed E-state index contributed by atoms with van der Waals surface area (Å²) in [5.41, 5.74) is 1.04. The van der Waals surface area contributed by atoms with Crippen molar-refractivity contribution in [1.82, 2.24) is 4.98 Å². The summed E-state index contributed by atoms with van der Waals surface area (Å²) in [5, 5.41) is 9.84. The van der Waals surface area contributed by atoms with Crippen LogP contribution >= 0.6 is 0 Å². The highest BCUT2D eigenvalue weighted by Crippen LogP contribution is 2.31. The molecule has 0 bridgehead atoms. The highest BCUT2D eigenvalue weighted by atomic mass is 16.4. The number of anilines is 1. The van der Waals surface area contributed by atoms with Crippen LogP contribution in [-0.4, -0.2) is 29.7 Å². The normalized spacial score (nSPS) is 14.6. The lowest BCUT2D eigenvalue weighted by Crippen LogP contribution is -2.21. The summed E-state index contributed by atoms with van der Waals surface area (Å²) >= 11 is 0. The van der Waals surface area contributed by atoms with E-state index in [0.717, 1.165) is 23.8 Å². The molecule has 1 aliphatic carbocycles. The van der Waals surface area contributed by atoms with Crippen LogP contribution in [0.2, 0.25) is 0 Å². The van der Waals surface area contributed by atoms with Crippen molar-refractivity contribution in [1.29, 1.82) is 0 Å². The van der Waals surface area contributed by atoms with E-state index in [4.69, 9.17) is 5.11 Å². The van der Waals surface area contributed by atoms with Crippen LogP contribution in [-0.2, 0) is 0 Å². The van der Waals surface area contributed by atoms with Crippen molar-refractivity contribution in [2.75, 3.05) is 18.5 Å². The number of aromatic nitrogens is 1. The van der Waals surface area contributed by atoms with Crippen molar-refractivity contribution in [3.8, 4) is 0 Å². The van der Waals surface area contributed by atoms with Crippen LogP contribution in [0, 0.1) is 5.92 Å². The smallest absolute Gasteiger partial charge is 0.336 e.